The molecule has 15 nitrogen and oxygen atoms in total. The molecule has 0 unspecified atom stereocenters. The molecule has 0 spiro atoms. The highest BCUT2D eigenvalue weighted by atomic mass is 16.5. The maximum Gasteiger partial charge on any atom is 0.330 e. The van der Waals surface area contributed by atoms with Crippen LogP contribution in [0.2, 0.25) is 0 Å². The Morgan fingerprint density at radius 1 is 0.479 bits per heavy atom. The second kappa shape index (κ2) is 38.0. The Hall–Kier alpha value is -6.77. The molecule has 0 radical (unpaired) electrons. The van der Waals surface area contributed by atoms with Gasteiger partial charge in [0.05, 0.1) is 59.2 Å². The monoisotopic (exact) mass is 987 g/mol. The van der Waals surface area contributed by atoms with Crippen molar-refractivity contribution in [1.29, 1.82) is 0 Å². The van der Waals surface area contributed by atoms with Crippen molar-refractivity contribution in [3.05, 3.63) is 97.6 Å². The highest BCUT2D eigenvalue weighted by Gasteiger charge is 2.28. The lowest BCUT2D eigenvalue weighted by atomic mass is 9.83. The van der Waals surface area contributed by atoms with E-state index in [1.807, 2.05) is 48.5 Å². The zero-order chi connectivity index (χ0) is 51.9. The van der Waals surface area contributed by atoms with Gasteiger partial charge in [-0.05, 0) is 169 Å². The third-order valence-corrected chi connectivity index (χ3v) is 11.6. The minimum atomic E-state index is -0.354. The van der Waals surface area contributed by atoms with Crippen LogP contribution in [0.25, 0.3) is 0 Å². The summed E-state index contributed by atoms with van der Waals surface area (Å²) in [4.78, 5) is 76.0. The first-order valence-corrected chi connectivity index (χ1v) is 24.4. The molecule has 0 amide bonds. The van der Waals surface area contributed by atoms with Gasteiger partial charge < -0.3 is 52.3 Å². The Kier molecular flexibility index (Phi) is 32.3. The lowest BCUT2D eigenvalue weighted by molar-refractivity contribution is -0.141. The molecule has 2 fully saturated rings. The van der Waals surface area contributed by atoms with Crippen molar-refractivity contribution in [1.82, 2.24) is 0 Å². The molecule has 0 aliphatic heterocycles. The molecule has 388 valence electrons. The zero-order valence-electron chi connectivity index (χ0n) is 41.8. The van der Waals surface area contributed by atoms with Crippen LogP contribution in [-0.2, 0) is 38.2 Å². The smallest absolute Gasteiger partial charge is 0.330 e. The predicted molar refractivity (Wildman–Crippen MR) is 269 cm³/mol. The summed E-state index contributed by atoms with van der Waals surface area (Å²) < 4.78 is 41.5. The van der Waals surface area contributed by atoms with Gasteiger partial charge in [0.15, 0.2) is 6.29 Å². The summed E-state index contributed by atoms with van der Waals surface area (Å²) in [5.41, 5.74) is 0.282. The highest BCUT2D eigenvalue weighted by molar-refractivity contribution is 5.84. The van der Waals surface area contributed by atoms with Crippen molar-refractivity contribution in [2.45, 2.75) is 103 Å². The van der Waals surface area contributed by atoms with E-state index in [4.69, 9.17) is 37.9 Å². The summed E-state index contributed by atoms with van der Waals surface area (Å²) in [5, 5.41) is 0. The van der Waals surface area contributed by atoms with E-state index in [1.165, 1.54) is 25.3 Å². The normalized spacial score (nSPS) is 16.5. The van der Waals surface area contributed by atoms with Crippen molar-refractivity contribution in [3.8, 4) is 34.5 Å². The van der Waals surface area contributed by atoms with Crippen molar-refractivity contribution in [2.24, 2.45) is 23.7 Å². The fourth-order valence-corrected chi connectivity index (χ4v) is 7.24. The largest absolute Gasteiger partial charge is 0.497 e. The van der Waals surface area contributed by atoms with Crippen LogP contribution >= 0.6 is 0 Å². The Morgan fingerprint density at radius 2 is 0.831 bits per heavy atom. The van der Waals surface area contributed by atoms with E-state index >= 15 is 0 Å². The second-order valence-corrected chi connectivity index (χ2v) is 16.8. The fourth-order valence-electron chi connectivity index (χ4n) is 7.24. The van der Waals surface area contributed by atoms with E-state index in [2.05, 4.69) is 13.2 Å². The number of ether oxygens (including phenoxy) is 8. The molecule has 2 saturated carbocycles. The van der Waals surface area contributed by atoms with Gasteiger partial charge in [-0.15, -0.1) is 0 Å². The zero-order valence-corrected chi connectivity index (χ0v) is 41.8. The van der Waals surface area contributed by atoms with E-state index in [0.717, 1.165) is 119 Å². The molecule has 0 bridgehead atoms. The van der Waals surface area contributed by atoms with Crippen LogP contribution in [0.3, 0.4) is 0 Å². The first-order chi connectivity index (χ1) is 34.6. The van der Waals surface area contributed by atoms with Crippen LogP contribution < -0.4 is 28.4 Å². The van der Waals surface area contributed by atoms with Gasteiger partial charge in [-0.1, -0.05) is 13.2 Å². The maximum absolute atomic E-state index is 12.1. The standard InChI is InChI=1S/C16H18O5.2C16H22O4.C8H12O2/c1-20-14-6-7-15(13(8-14)10-18)21-16(19)12-4-2-11(9-17)3-5-12;2*1-3-16(17)20-13-7-5-4-6-12-19-15-10-8-14(18-2)9-11-15;9-5-7-1-2-8(6-10)4-3-7/h6-12H,2-5H2,1H3;2*3,8-11H,1,4-7,12-13H2,2H3;5-8H,1-4H2. The molecule has 5 rings (SSSR count). The number of benzene rings is 3. The molecular weight excluding hydrogens is 913 g/mol. The maximum atomic E-state index is 12.1. The van der Waals surface area contributed by atoms with Gasteiger partial charge in [0.1, 0.15) is 53.4 Å². The third-order valence-electron chi connectivity index (χ3n) is 11.6. The summed E-state index contributed by atoms with van der Waals surface area (Å²) in [6.45, 7) is 8.99. The second-order valence-electron chi connectivity index (χ2n) is 16.8. The SMILES string of the molecule is C=CC(=O)OCCCCCCOc1ccc(OC)cc1.C=CC(=O)OCCCCCCOc1ccc(OC)cc1.COc1ccc(OC(=O)C2CCC(C=O)CC2)c(C=O)c1.O=CC1CCC(C=O)CC1. The van der Waals surface area contributed by atoms with E-state index < -0.39 is 0 Å². The molecule has 3 aromatic rings. The van der Waals surface area contributed by atoms with Gasteiger partial charge in [-0.3, -0.25) is 9.59 Å². The summed E-state index contributed by atoms with van der Waals surface area (Å²) >= 11 is 0. The van der Waals surface area contributed by atoms with Gasteiger partial charge >= 0.3 is 17.9 Å². The molecule has 2 aliphatic carbocycles. The molecule has 71 heavy (non-hydrogen) atoms. The van der Waals surface area contributed by atoms with Gasteiger partial charge in [0, 0.05) is 29.9 Å². The first kappa shape index (κ1) is 60.4. The van der Waals surface area contributed by atoms with Gasteiger partial charge in [-0.25, -0.2) is 9.59 Å². The molecular formula is C56H74O15. The lowest BCUT2D eigenvalue weighted by Crippen LogP contribution is -2.26. The van der Waals surface area contributed by atoms with Crippen LogP contribution in [0.1, 0.15) is 113 Å². The average molecular weight is 987 g/mol. The van der Waals surface area contributed by atoms with E-state index in [0.29, 0.717) is 64.1 Å². The molecule has 0 atom stereocenters. The van der Waals surface area contributed by atoms with E-state index in [-0.39, 0.29) is 52.9 Å². The minimum absolute atomic E-state index is 0.0561. The number of unbranched alkanes of at least 4 members (excludes halogenated alkanes) is 6. The molecule has 0 heterocycles. The van der Waals surface area contributed by atoms with Crippen LogP contribution in [0.4, 0.5) is 0 Å². The molecule has 3 aromatic carbocycles. The molecule has 0 N–H and O–H groups in total. The number of carbonyl (C=O) groups is 7. The van der Waals surface area contributed by atoms with Gasteiger partial charge in [-0.2, -0.15) is 0 Å². The number of methoxy groups -OCH3 is 3. The third kappa shape index (κ3) is 26.7. The number of hydrogen-bond acceptors (Lipinski definition) is 15. The molecule has 2 aliphatic rings. The quantitative estimate of drug-likeness (QED) is 0.0230. The Balaban J connectivity index is 0.000000333. The lowest BCUT2D eigenvalue weighted by Gasteiger charge is -2.23. The molecule has 0 saturated heterocycles. The number of aldehydes is 4. The summed E-state index contributed by atoms with van der Waals surface area (Å²) in [6.07, 6.45) is 20.2. The van der Waals surface area contributed by atoms with Crippen LogP contribution in [0.15, 0.2) is 92.0 Å². The Morgan fingerprint density at radius 3 is 1.18 bits per heavy atom. The summed E-state index contributed by atoms with van der Waals surface area (Å²) in [5.74, 6) is 3.40. The van der Waals surface area contributed by atoms with Crippen molar-refractivity contribution in [3.63, 3.8) is 0 Å². The number of esters is 3. The van der Waals surface area contributed by atoms with Crippen molar-refractivity contribution < 1.29 is 71.5 Å². The van der Waals surface area contributed by atoms with Gasteiger partial charge in [0.25, 0.3) is 0 Å². The highest BCUT2D eigenvalue weighted by Crippen LogP contribution is 2.31. The van der Waals surface area contributed by atoms with Crippen molar-refractivity contribution in [2.75, 3.05) is 47.8 Å². The first-order valence-electron chi connectivity index (χ1n) is 24.4. The number of carbonyl (C=O) groups excluding carboxylic acids is 7. The fraction of sp³-hybridized carbons (Fsp3) is 0.482. The topological polar surface area (TPSA) is 193 Å². The Bertz CT molecular complexity index is 1900. The van der Waals surface area contributed by atoms with Crippen LogP contribution in [-0.4, -0.2) is 90.8 Å². The minimum Gasteiger partial charge on any atom is -0.497 e. The summed E-state index contributed by atoms with van der Waals surface area (Å²) in [6, 6.07) is 19.8. The Labute approximate surface area is 419 Å². The number of hydrogen-bond donors (Lipinski definition) is 0. The van der Waals surface area contributed by atoms with Crippen LogP contribution in [0.5, 0.6) is 34.5 Å². The van der Waals surface area contributed by atoms with E-state index in [9.17, 15) is 33.6 Å². The van der Waals surface area contributed by atoms with Gasteiger partial charge in [0.2, 0.25) is 0 Å². The molecule has 15 heteroatoms. The summed E-state index contributed by atoms with van der Waals surface area (Å²) in [7, 11) is 4.78. The van der Waals surface area contributed by atoms with Crippen LogP contribution in [0, 0.1) is 23.7 Å². The predicted octanol–water partition coefficient (Wildman–Crippen LogP) is 10.3. The molecule has 0 aromatic heterocycles. The number of rotatable bonds is 27. The van der Waals surface area contributed by atoms with E-state index in [1.54, 1.807) is 26.4 Å². The average Bonchev–Trinajstić information content (AvgIpc) is 3.43. The van der Waals surface area contributed by atoms with Crippen molar-refractivity contribution >= 4 is 43.1 Å².